The lowest BCUT2D eigenvalue weighted by Gasteiger charge is -2.34. The zero-order valence-electron chi connectivity index (χ0n) is 13.0. The van der Waals surface area contributed by atoms with Crippen LogP contribution in [0, 0.1) is 5.92 Å². The molecule has 3 unspecified atom stereocenters. The largest absolute Gasteiger partial charge is 0.465 e. The van der Waals surface area contributed by atoms with Crippen LogP contribution in [0.3, 0.4) is 0 Å². The van der Waals surface area contributed by atoms with Crippen molar-refractivity contribution in [1.29, 1.82) is 0 Å². The minimum absolute atomic E-state index is 0.0791. The van der Waals surface area contributed by atoms with Gasteiger partial charge in [0.1, 0.15) is 5.54 Å². The van der Waals surface area contributed by atoms with E-state index in [2.05, 4.69) is 5.32 Å². The summed E-state index contributed by atoms with van der Waals surface area (Å²) in [6.45, 7) is 7.37. The number of esters is 1. The highest BCUT2D eigenvalue weighted by Gasteiger charge is 2.49. The van der Waals surface area contributed by atoms with E-state index in [1.807, 2.05) is 20.8 Å². The van der Waals surface area contributed by atoms with Crippen LogP contribution < -0.4 is 5.32 Å². The Kier molecular flexibility index (Phi) is 7.92. The molecule has 1 fully saturated rings. The molecule has 118 valence electrons. The van der Waals surface area contributed by atoms with E-state index in [1.165, 1.54) is 0 Å². The van der Waals surface area contributed by atoms with Gasteiger partial charge in [0.15, 0.2) is 0 Å². The molecule has 0 aromatic heterocycles. The zero-order chi connectivity index (χ0) is 15.0. The molecule has 2 N–H and O–H groups in total. The first-order valence-electron chi connectivity index (χ1n) is 7.75. The molecule has 5 heteroatoms. The van der Waals surface area contributed by atoms with Gasteiger partial charge in [-0.2, -0.15) is 11.8 Å². The Morgan fingerprint density at radius 3 is 2.90 bits per heavy atom. The SMILES string of the molecule is CCNC1(C(=O)OCC)CCCC1CCSC(C)CO. The number of hydrogen-bond acceptors (Lipinski definition) is 5. The number of aliphatic hydroxyl groups excluding tert-OH is 1. The summed E-state index contributed by atoms with van der Waals surface area (Å²) in [5, 5.41) is 12.7. The Morgan fingerprint density at radius 2 is 2.30 bits per heavy atom. The van der Waals surface area contributed by atoms with E-state index in [4.69, 9.17) is 9.84 Å². The average Bonchev–Trinajstić information content (AvgIpc) is 2.83. The number of rotatable bonds is 9. The predicted molar refractivity (Wildman–Crippen MR) is 84.0 cm³/mol. The summed E-state index contributed by atoms with van der Waals surface area (Å²) in [6.07, 6.45) is 4.04. The standard InChI is InChI=1S/C15H29NO3S/c1-4-16-15(14(18)19-5-2)9-6-7-13(15)8-10-20-12(3)11-17/h12-13,16-17H,4-11H2,1-3H3. The highest BCUT2D eigenvalue weighted by atomic mass is 32.2. The van der Waals surface area contributed by atoms with Gasteiger partial charge in [0, 0.05) is 5.25 Å². The fourth-order valence-corrected chi connectivity index (χ4v) is 4.01. The van der Waals surface area contributed by atoms with E-state index in [0.717, 1.165) is 38.0 Å². The molecule has 1 aliphatic carbocycles. The van der Waals surface area contributed by atoms with E-state index in [1.54, 1.807) is 11.8 Å². The topological polar surface area (TPSA) is 58.6 Å². The van der Waals surface area contributed by atoms with E-state index >= 15 is 0 Å². The normalized spacial score (nSPS) is 27.5. The van der Waals surface area contributed by atoms with Gasteiger partial charge in [0.25, 0.3) is 0 Å². The predicted octanol–water partition coefficient (Wildman–Crippen LogP) is 2.20. The van der Waals surface area contributed by atoms with Crippen LogP contribution >= 0.6 is 11.8 Å². The van der Waals surface area contributed by atoms with Gasteiger partial charge < -0.3 is 15.2 Å². The second kappa shape index (κ2) is 8.90. The van der Waals surface area contributed by atoms with Crippen molar-refractivity contribution in [2.24, 2.45) is 5.92 Å². The minimum Gasteiger partial charge on any atom is -0.465 e. The number of carbonyl (C=O) groups is 1. The molecule has 0 saturated heterocycles. The van der Waals surface area contributed by atoms with Crippen LogP contribution in [0.1, 0.15) is 46.5 Å². The van der Waals surface area contributed by atoms with Crippen molar-refractivity contribution in [1.82, 2.24) is 5.32 Å². The van der Waals surface area contributed by atoms with Crippen LogP contribution in [0.2, 0.25) is 0 Å². The third kappa shape index (κ3) is 4.37. The van der Waals surface area contributed by atoms with Crippen molar-refractivity contribution in [3.05, 3.63) is 0 Å². The molecule has 4 nitrogen and oxygen atoms in total. The van der Waals surface area contributed by atoms with Gasteiger partial charge in [-0.1, -0.05) is 20.3 Å². The van der Waals surface area contributed by atoms with Crippen molar-refractivity contribution in [3.63, 3.8) is 0 Å². The molecular weight excluding hydrogens is 274 g/mol. The summed E-state index contributed by atoms with van der Waals surface area (Å²) in [4.78, 5) is 12.4. The lowest BCUT2D eigenvalue weighted by molar-refractivity contribution is -0.153. The van der Waals surface area contributed by atoms with E-state index in [-0.39, 0.29) is 17.8 Å². The molecule has 0 aromatic carbocycles. The molecule has 0 spiro atoms. The summed E-state index contributed by atoms with van der Waals surface area (Å²) < 4.78 is 5.31. The molecule has 0 bridgehead atoms. The van der Waals surface area contributed by atoms with Gasteiger partial charge >= 0.3 is 5.97 Å². The monoisotopic (exact) mass is 303 g/mol. The van der Waals surface area contributed by atoms with Gasteiger partial charge in [0.2, 0.25) is 0 Å². The molecular formula is C15H29NO3S. The number of nitrogens with one attached hydrogen (secondary N) is 1. The smallest absolute Gasteiger partial charge is 0.326 e. The maximum Gasteiger partial charge on any atom is 0.326 e. The van der Waals surface area contributed by atoms with Crippen molar-refractivity contribution in [2.75, 3.05) is 25.5 Å². The first-order chi connectivity index (χ1) is 9.60. The third-order valence-electron chi connectivity index (χ3n) is 4.08. The van der Waals surface area contributed by atoms with Gasteiger partial charge in [0.05, 0.1) is 13.2 Å². The van der Waals surface area contributed by atoms with Crippen molar-refractivity contribution in [2.45, 2.75) is 57.2 Å². The maximum atomic E-state index is 12.4. The summed E-state index contributed by atoms with van der Waals surface area (Å²) >= 11 is 1.78. The number of likely N-dealkylation sites (N-methyl/N-ethyl adjacent to an activating group) is 1. The second-order valence-electron chi connectivity index (χ2n) is 5.46. The fourth-order valence-electron chi connectivity index (χ4n) is 3.08. The minimum atomic E-state index is -0.478. The molecule has 1 saturated carbocycles. The third-order valence-corrected chi connectivity index (χ3v) is 5.27. The summed E-state index contributed by atoms with van der Waals surface area (Å²) in [6, 6.07) is 0. The molecule has 3 atom stereocenters. The Bertz CT molecular complexity index is 301. The van der Waals surface area contributed by atoms with Crippen LogP contribution in [-0.4, -0.2) is 47.4 Å². The van der Waals surface area contributed by atoms with Crippen LogP contribution in [-0.2, 0) is 9.53 Å². The number of ether oxygens (including phenoxy) is 1. The Hall–Kier alpha value is -0.260. The highest BCUT2D eigenvalue weighted by Crippen LogP contribution is 2.39. The number of hydrogen-bond donors (Lipinski definition) is 2. The first kappa shape index (κ1) is 17.8. The van der Waals surface area contributed by atoms with Gasteiger partial charge in [-0.15, -0.1) is 0 Å². The highest BCUT2D eigenvalue weighted by molar-refractivity contribution is 7.99. The number of thioether (sulfide) groups is 1. The average molecular weight is 303 g/mol. The van der Waals surface area contributed by atoms with E-state index in [9.17, 15) is 4.79 Å². The molecule has 1 aliphatic rings. The molecule has 0 aromatic rings. The second-order valence-corrected chi connectivity index (χ2v) is 7.01. The Labute approximate surface area is 127 Å². The summed E-state index contributed by atoms with van der Waals surface area (Å²) in [5.74, 6) is 1.25. The fraction of sp³-hybridized carbons (Fsp3) is 0.933. The molecule has 0 amide bonds. The Morgan fingerprint density at radius 1 is 1.55 bits per heavy atom. The molecule has 1 rings (SSSR count). The number of carbonyl (C=O) groups excluding carboxylic acids is 1. The molecule has 0 radical (unpaired) electrons. The quantitative estimate of drug-likeness (QED) is 0.640. The van der Waals surface area contributed by atoms with Crippen molar-refractivity contribution >= 4 is 17.7 Å². The van der Waals surface area contributed by atoms with E-state index in [0.29, 0.717) is 12.5 Å². The van der Waals surface area contributed by atoms with Crippen molar-refractivity contribution in [3.8, 4) is 0 Å². The van der Waals surface area contributed by atoms with Crippen LogP contribution in [0.15, 0.2) is 0 Å². The van der Waals surface area contributed by atoms with Gasteiger partial charge in [-0.3, -0.25) is 4.79 Å². The maximum absolute atomic E-state index is 12.4. The Balaban J connectivity index is 2.63. The molecule has 0 heterocycles. The van der Waals surface area contributed by atoms with Crippen molar-refractivity contribution < 1.29 is 14.6 Å². The van der Waals surface area contributed by atoms with E-state index < -0.39 is 5.54 Å². The molecule has 0 aliphatic heterocycles. The van der Waals surface area contributed by atoms with Crippen LogP contribution in [0.25, 0.3) is 0 Å². The van der Waals surface area contributed by atoms with Crippen LogP contribution in [0.5, 0.6) is 0 Å². The first-order valence-corrected chi connectivity index (χ1v) is 8.80. The number of aliphatic hydroxyl groups is 1. The van der Waals surface area contributed by atoms with Gasteiger partial charge in [-0.05, 0) is 44.4 Å². The lowest BCUT2D eigenvalue weighted by Crippen LogP contribution is -2.55. The summed E-state index contributed by atoms with van der Waals surface area (Å²) in [7, 11) is 0. The van der Waals surface area contributed by atoms with Crippen LogP contribution in [0.4, 0.5) is 0 Å². The zero-order valence-corrected chi connectivity index (χ0v) is 13.8. The van der Waals surface area contributed by atoms with Gasteiger partial charge in [-0.25, -0.2) is 0 Å². The summed E-state index contributed by atoms with van der Waals surface area (Å²) in [5.41, 5.74) is -0.478. The molecule has 20 heavy (non-hydrogen) atoms. The lowest BCUT2D eigenvalue weighted by atomic mass is 9.85.